The van der Waals surface area contributed by atoms with Crippen molar-refractivity contribution >= 4 is 35.8 Å². The molecule has 1 aliphatic rings. The second kappa shape index (κ2) is 10.9. The number of likely N-dealkylation sites (tertiary alicyclic amines) is 1. The summed E-state index contributed by atoms with van der Waals surface area (Å²) in [7, 11) is 0. The lowest BCUT2D eigenvalue weighted by Crippen LogP contribution is -2.52. The van der Waals surface area contributed by atoms with Crippen LogP contribution in [0.4, 0.5) is 0 Å². The molecule has 0 aliphatic carbocycles. The molecule has 1 fully saturated rings. The molecule has 0 saturated carbocycles. The normalized spacial score (nSPS) is 17.2. The fraction of sp³-hybridized carbons (Fsp3) is 0.600. The van der Waals surface area contributed by atoms with Gasteiger partial charge < -0.3 is 16.0 Å². The number of benzene rings is 1. The molecule has 1 saturated heterocycles. The fourth-order valence-electron chi connectivity index (χ4n) is 3.87. The Morgan fingerprint density at radius 2 is 1.89 bits per heavy atom. The van der Waals surface area contributed by atoms with Gasteiger partial charge in [0.1, 0.15) is 0 Å². The Morgan fingerprint density at radius 3 is 2.44 bits per heavy atom. The summed E-state index contributed by atoms with van der Waals surface area (Å²) in [6.07, 6.45) is 3.08. The summed E-state index contributed by atoms with van der Waals surface area (Å²) in [5.41, 5.74) is 5.88. The number of piperidine rings is 1. The van der Waals surface area contributed by atoms with E-state index in [4.69, 9.17) is 17.3 Å². The largest absolute Gasteiger partial charge is 0.355 e. The van der Waals surface area contributed by atoms with E-state index in [1.165, 1.54) is 0 Å². The zero-order chi connectivity index (χ0) is 19.2. The van der Waals surface area contributed by atoms with Gasteiger partial charge in [-0.15, -0.1) is 12.4 Å². The van der Waals surface area contributed by atoms with Crippen LogP contribution in [0.15, 0.2) is 24.3 Å². The van der Waals surface area contributed by atoms with E-state index in [9.17, 15) is 9.59 Å². The summed E-state index contributed by atoms with van der Waals surface area (Å²) in [6, 6.07) is 7.57. The Kier molecular flexibility index (Phi) is 9.57. The second-order valence-corrected chi connectivity index (χ2v) is 7.40. The molecule has 5 nitrogen and oxygen atoms in total. The van der Waals surface area contributed by atoms with Gasteiger partial charge in [-0.2, -0.15) is 0 Å². The summed E-state index contributed by atoms with van der Waals surface area (Å²) in [4.78, 5) is 27.7. The molecule has 0 spiro atoms. The van der Waals surface area contributed by atoms with Crippen molar-refractivity contribution in [3.8, 4) is 0 Å². The molecule has 152 valence electrons. The smallest absolute Gasteiger partial charge is 0.233 e. The summed E-state index contributed by atoms with van der Waals surface area (Å²) in [5, 5.41) is 3.51. The van der Waals surface area contributed by atoms with Gasteiger partial charge in [0.05, 0.1) is 11.3 Å². The zero-order valence-electron chi connectivity index (χ0n) is 16.2. The highest BCUT2D eigenvalue weighted by atomic mass is 35.5. The number of amides is 2. The number of hydrogen-bond acceptors (Lipinski definition) is 3. The molecule has 27 heavy (non-hydrogen) atoms. The molecule has 1 unspecified atom stereocenters. The monoisotopic (exact) mass is 415 g/mol. The van der Waals surface area contributed by atoms with Crippen LogP contribution in [0.2, 0.25) is 5.02 Å². The van der Waals surface area contributed by atoms with Crippen LogP contribution in [-0.4, -0.2) is 42.9 Å². The molecule has 2 amide bonds. The average Bonchev–Trinajstić information content (AvgIpc) is 2.68. The van der Waals surface area contributed by atoms with Crippen LogP contribution in [0.1, 0.15) is 45.1 Å². The maximum absolute atomic E-state index is 13.5. The van der Waals surface area contributed by atoms with E-state index in [1.54, 1.807) is 0 Å². The van der Waals surface area contributed by atoms with Crippen LogP contribution in [0.5, 0.6) is 0 Å². The van der Waals surface area contributed by atoms with Crippen molar-refractivity contribution in [2.45, 2.75) is 44.9 Å². The summed E-state index contributed by atoms with van der Waals surface area (Å²) >= 11 is 6.02. The van der Waals surface area contributed by atoms with E-state index in [0.29, 0.717) is 44.0 Å². The van der Waals surface area contributed by atoms with E-state index >= 15 is 0 Å². The second-order valence-electron chi connectivity index (χ2n) is 6.97. The Labute approximate surface area is 173 Å². The SMILES string of the molecule is CCC(CC)(C(=O)N1CCCC(C(=O)NCCN)C1)c1ccc(Cl)cc1.Cl. The molecule has 2 rings (SSSR count). The molecule has 3 N–H and O–H groups in total. The first-order chi connectivity index (χ1) is 12.5. The Morgan fingerprint density at radius 1 is 1.26 bits per heavy atom. The summed E-state index contributed by atoms with van der Waals surface area (Å²) < 4.78 is 0. The minimum Gasteiger partial charge on any atom is -0.355 e. The first-order valence-electron chi connectivity index (χ1n) is 9.51. The third-order valence-corrected chi connectivity index (χ3v) is 5.79. The Balaban J connectivity index is 0.00000364. The molecule has 0 aromatic heterocycles. The van der Waals surface area contributed by atoms with Crippen LogP contribution in [0, 0.1) is 5.92 Å². The van der Waals surface area contributed by atoms with E-state index in [1.807, 2.05) is 43.0 Å². The van der Waals surface area contributed by atoms with Crippen molar-refractivity contribution in [2.24, 2.45) is 11.7 Å². The highest BCUT2D eigenvalue weighted by Gasteiger charge is 2.41. The molecule has 7 heteroatoms. The van der Waals surface area contributed by atoms with E-state index in [0.717, 1.165) is 18.4 Å². The quantitative estimate of drug-likeness (QED) is 0.717. The summed E-state index contributed by atoms with van der Waals surface area (Å²) in [6.45, 7) is 6.17. The minimum absolute atomic E-state index is 0. The molecule has 1 aromatic carbocycles. The fourth-order valence-corrected chi connectivity index (χ4v) is 4.00. The van der Waals surface area contributed by atoms with Gasteiger partial charge in [-0.3, -0.25) is 9.59 Å². The van der Waals surface area contributed by atoms with Crippen LogP contribution in [-0.2, 0) is 15.0 Å². The van der Waals surface area contributed by atoms with Crippen molar-refractivity contribution in [1.82, 2.24) is 10.2 Å². The van der Waals surface area contributed by atoms with E-state index < -0.39 is 5.41 Å². The van der Waals surface area contributed by atoms with Crippen LogP contribution in [0.25, 0.3) is 0 Å². The van der Waals surface area contributed by atoms with Gasteiger partial charge in [-0.05, 0) is 43.4 Å². The maximum atomic E-state index is 13.5. The Hall–Kier alpha value is -1.30. The zero-order valence-corrected chi connectivity index (χ0v) is 17.7. The van der Waals surface area contributed by atoms with Crippen molar-refractivity contribution in [2.75, 3.05) is 26.2 Å². The highest BCUT2D eigenvalue weighted by molar-refractivity contribution is 6.30. The lowest BCUT2D eigenvalue weighted by molar-refractivity contribution is -0.141. The van der Waals surface area contributed by atoms with Crippen LogP contribution >= 0.6 is 24.0 Å². The van der Waals surface area contributed by atoms with E-state index in [2.05, 4.69) is 5.32 Å². The first kappa shape index (κ1) is 23.7. The third-order valence-electron chi connectivity index (χ3n) is 5.54. The lowest BCUT2D eigenvalue weighted by atomic mass is 9.74. The number of nitrogens with one attached hydrogen (secondary N) is 1. The number of hydrogen-bond donors (Lipinski definition) is 2. The van der Waals surface area contributed by atoms with Crippen LogP contribution in [0.3, 0.4) is 0 Å². The van der Waals surface area contributed by atoms with Gasteiger partial charge in [-0.1, -0.05) is 37.6 Å². The van der Waals surface area contributed by atoms with Gasteiger partial charge in [0.25, 0.3) is 0 Å². The third kappa shape index (κ3) is 5.37. The molecule has 1 aromatic rings. The number of carbonyl (C=O) groups is 2. The number of rotatable bonds is 7. The van der Waals surface area contributed by atoms with E-state index in [-0.39, 0.29) is 30.1 Å². The maximum Gasteiger partial charge on any atom is 0.233 e. The van der Waals surface area contributed by atoms with Crippen molar-refractivity contribution in [3.05, 3.63) is 34.9 Å². The molecule has 0 radical (unpaired) electrons. The number of nitrogens with two attached hydrogens (primary N) is 1. The lowest BCUT2D eigenvalue weighted by Gasteiger charge is -2.40. The molecule has 0 bridgehead atoms. The molecular formula is C20H31Cl2N3O2. The molecule has 1 heterocycles. The minimum atomic E-state index is -0.569. The number of carbonyl (C=O) groups excluding carboxylic acids is 2. The number of nitrogens with zero attached hydrogens (tertiary/aromatic N) is 1. The standard InChI is InChI=1S/C20H30ClN3O2.ClH/c1-3-20(4-2,16-7-9-17(21)10-8-16)19(26)24-13-5-6-15(14-24)18(25)23-12-11-22;/h7-10,15H,3-6,11-14,22H2,1-2H3,(H,23,25);1H. The highest BCUT2D eigenvalue weighted by Crippen LogP contribution is 2.35. The van der Waals surface area contributed by atoms with Crippen molar-refractivity contribution < 1.29 is 9.59 Å². The summed E-state index contributed by atoms with van der Waals surface area (Å²) in [5.74, 6) is -0.0462. The number of halogens is 2. The van der Waals surface area contributed by atoms with Gasteiger partial charge in [-0.25, -0.2) is 0 Å². The van der Waals surface area contributed by atoms with Gasteiger partial charge in [0.2, 0.25) is 11.8 Å². The predicted molar refractivity (Wildman–Crippen MR) is 112 cm³/mol. The molecular weight excluding hydrogens is 385 g/mol. The van der Waals surface area contributed by atoms with Gasteiger partial charge in [0, 0.05) is 31.2 Å². The molecule has 1 aliphatic heterocycles. The predicted octanol–water partition coefficient (Wildman–Crippen LogP) is 3.13. The molecule has 1 atom stereocenters. The topological polar surface area (TPSA) is 75.4 Å². The van der Waals surface area contributed by atoms with Gasteiger partial charge in [0.15, 0.2) is 0 Å². The first-order valence-corrected chi connectivity index (χ1v) is 9.89. The van der Waals surface area contributed by atoms with Crippen LogP contribution < -0.4 is 11.1 Å². The van der Waals surface area contributed by atoms with Gasteiger partial charge >= 0.3 is 0 Å². The average molecular weight is 416 g/mol. The Bertz CT molecular complexity index is 618. The van der Waals surface area contributed by atoms with Crippen molar-refractivity contribution in [1.29, 1.82) is 0 Å². The van der Waals surface area contributed by atoms with Crippen molar-refractivity contribution in [3.63, 3.8) is 0 Å².